The Balaban J connectivity index is 2.16. The summed E-state index contributed by atoms with van der Waals surface area (Å²) < 4.78 is 0.774. The van der Waals surface area contributed by atoms with Gasteiger partial charge in [0.15, 0.2) is 0 Å². The second-order valence-electron chi connectivity index (χ2n) is 4.31. The van der Waals surface area contributed by atoms with Gasteiger partial charge in [-0.25, -0.2) is 0 Å². The van der Waals surface area contributed by atoms with E-state index in [1.807, 2.05) is 0 Å². The first kappa shape index (κ1) is 15.0. The largest absolute Gasteiger partial charge is 0.388 e. The fraction of sp³-hybridized carbons (Fsp3) is 0.143. The van der Waals surface area contributed by atoms with E-state index >= 15 is 0 Å². The lowest BCUT2D eigenvalue weighted by Gasteiger charge is -2.13. The van der Waals surface area contributed by atoms with Gasteiger partial charge < -0.3 is 5.11 Å². The third kappa shape index (κ3) is 3.56. The van der Waals surface area contributed by atoms with Gasteiger partial charge in [0.25, 0.3) is 5.69 Å². The van der Waals surface area contributed by atoms with Crippen LogP contribution in [0.2, 0.25) is 5.02 Å². The number of aliphatic hydroxyl groups excluding tert-OH is 1. The lowest BCUT2D eigenvalue weighted by Crippen LogP contribution is -2.03. The molecule has 0 bridgehead atoms. The number of halogens is 2. The molecule has 1 atom stereocenters. The van der Waals surface area contributed by atoms with Gasteiger partial charge in [0, 0.05) is 28.0 Å². The van der Waals surface area contributed by atoms with E-state index < -0.39 is 11.0 Å². The van der Waals surface area contributed by atoms with Gasteiger partial charge in [-0.05, 0) is 29.3 Å². The maximum absolute atomic E-state index is 10.6. The van der Waals surface area contributed by atoms with Gasteiger partial charge in [0.2, 0.25) is 0 Å². The summed E-state index contributed by atoms with van der Waals surface area (Å²) in [5.41, 5.74) is 1.54. The number of hydrogen-bond acceptors (Lipinski definition) is 3. The SMILES string of the molecule is O=[N+]([O-])c1ccc(CC(O)c2cc(Cl)ccc2Br)cc1. The zero-order chi connectivity index (χ0) is 14.7. The molecule has 0 aromatic heterocycles. The first-order valence-corrected chi connectivity index (χ1v) is 7.01. The number of nitro benzene ring substituents is 1. The Morgan fingerprint density at radius 3 is 2.50 bits per heavy atom. The average molecular weight is 357 g/mol. The molecular formula is C14H11BrClNO3. The lowest BCUT2D eigenvalue weighted by atomic mass is 10.0. The van der Waals surface area contributed by atoms with Crippen molar-refractivity contribution in [1.29, 1.82) is 0 Å². The van der Waals surface area contributed by atoms with Crippen molar-refractivity contribution in [2.24, 2.45) is 0 Å². The second kappa shape index (κ2) is 6.35. The molecule has 0 radical (unpaired) electrons. The molecule has 1 unspecified atom stereocenters. The number of rotatable bonds is 4. The van der Waals surface area contributed by atoms with E-state index in [0.29, 0.717) is 17.0 Å². The first-order chi connectivity index (χ1) is 9.47. The molecule has 4 nitrogen and oxygen atoms in total. The minimum absolute atomic E-state index is 0.0344. The Hall–Kier alpha value is -1.43. The van der Waals surface area contributed by atoms with Crippen LogP contribution in [0.3, 0.4) is 0 Å². The number of nitrogens with zero attached hydrogens (tertiary/aromatic N) is 1. The highest BCUT2D eigenvalue weighted by Gasteiger charge is 2.13. The predicted octanol–water partition coefficient (Wildman–Crippen LogP) is 4.29. The highest BCUT2D eigenvalue weighted by molar-refractivity contribution is 9.10. The molecule has 2 aromatic rings. The van der Waals surface area contributed by atoms with Crippen molar-refractivity contribution in [1.82, 2.24) is 0 Å². The van der Waals surface area contributed by atoms with Crippen molar-refractivity contribution in [3.05, 3.63) is 73.2 Å². The summed E-state index contributed by atoms with van der Waals surface area (Å²) in [5, 5.41) is 21.4. The van der Waals surface area contributed by atoms with Crippen molar-refractivity contribution in [2.45, 2.75) is 12.5 Å². The monoisotopic (exact) mass is 355 g/mol. The highest BCUT2D eigenvalue weighted by Crippen LogP contribution is 2.29. The number of nitro groups is 1. The molecule has 0 fully saturated rings. The third-order valence-corrected chi connectivity index (χ3v) is 3.85. The van der Waals surface area contributed by atoms with E-state index in [-0.39, 0.29) is 5.69 Å². The molecule has 0 saturated heterocycles. The molecule has 2 aromatic carbocycles. The fourth-order valence-corrected chi connectivity index (χ4v) is 2.55. The second-order valence-corrected chi connectivity index (χ2v) is 5.60. The van der Waals surface area contributed by atoms with Crippen molar-refractivity contribution in [3.8, 4) is 0 Å². The van der Waals surface area contributed by atoms with E-state index in [1.165, 1.54) is 12.1 Å². The van der Waals surface area contributed by atoms with Crippen LogP contribution in [0, 0.1) is 10.1 Å². The average Bonchev–Trinajstić information content (AvgIpc) is 2.42. The molecule has 1 N–H and O–H groups in total. The standard InChI is InChI=1S/C14H11BrClNO3/c15-13-6-3-10(16)8-12(13)14(18)7-9-1-4-11(5-2-9)17(19)20/h1-6,8,14,18H,7H2. The van der Waals surface area contributed by atoms with Crippen LogP contribution in [0.25, 0.3) is 0 Å². The molecule has 20 heavy (non-hydrogen) atoms. The van der Waals surface area contributed by atoms with Crippen LogP contribution in [-0.4, -0.2) is 10.0 Å². The molecule has 0 aliphatic heterocycles. The summed E-state index contributed by atoms with van der Waals surface area (Å²) in [5.74, 6) is 0. The van der Waals surface area contributed by atoms with Crippen molar-refractivity contribution < 1.29 is 10.0 Å². The molecule has 104 valence electrons. The van der Waals surface area contributed by atoms with Gasteiger partial charge in [-0.15, -0.1) is 0 Å². The summed E-state index contributed by atoms with van der Waals surface area (Å²) in [6.45, 7) is 0. The highest BCUT2D eigenvalue weighted by atomic mass is 79.9. The maximum atomic E-state index is 10.6. The molecule has 0 aliphatic rings. The molecule has 2 rings (SSSR count). The number of non-ortho nitro benzene ring substituents is 1. The minimum atomic E-state index is -0.732. The molecule has 0 aliphatic carbocycles. The smallest absolute Gasteiger partial charge is 0.269 e. The van der Waals surface area contributed by atoms with Crippen LogP contribution in [0.5, 0.6) is 0 Å². The topological polar surface area (TPSA) is 63.4 Å². The number of aliphatic hydroxyl groups is 1. The zero-order valence-electron chi connectivity index (χ0n) is 10.3. The summed E-state index contributed by atoms with van der Waals surface area (Å²) >= 11 is 9.28. The number of benzene rings is 2. The van der Waals surface area contributed by atoms with Crippen molar-refractivity contribution >= 4 is 33.2 Å². The van der Waals surface area contributed by atoms with Gasteiger partial charge >= 0.3 is 0 Å². The number of hydrogen-bond donors (Lipinski definition) is 1. The fourth-order valence-electron chi connectivity index (χ4n) is 1.86. The Bertz CT molecular complexity index is 631. The summed E-state index contributed by atoms with van der Waals surface area (Å²) in [7, 11) is 0. The molecule has 0 saturated carbocycles. The zero-order valence-corrected chi connectivity index (χ0v) is 12.6. The van der Waals surface area contributed by atoms with Crippen LogP contribution >= 0.6 is 27.5 Å². The van der Waals surface area contributed by atoms with E-state index in [4.69, 9.17) is 11.6 Å². The van der Waals surface area contributed by atoms with Gasteiger partial charge in [-0.2, -0.15) is 0 Å². The van der Waals surface area contributed by atoms with Crippen LogP contribution < -0.4 is 0 Å². The Kier molecular flexibility index (Phi) is 4.75. The van der Waals surface area contributed by atoms with Gasteiger partial charge in [0.05, 0.1) is 11.0 Å². The van der Waals surface area contributed by atoms with Crippen LogP contribution in [0.4, 0.5) is 5.69 Å². The third-order valence-electron chi connectivity index (χ3n) is 2.89. The maximum Gasteiger partial charge on any atom is 0.269 e. The van der Waals surface area contributed by atoms with E-state index in [2.05, 4.69) is 15.9 Å². The molecule has 0 spiro atoms. The quantitative estimate of drug-likeness (QED) is 0.656. The Morgan fingerprint density at radius 1 is 1.25 bits per heavy atom. The van der Waals surface area contributed by atoms with E-state index in [0.717, 1.165) is 10.0 Å². The van der Waals surface area contributed by atoms with Gasteiger partial charge in [-0.3, -0.25) is 10.1 Å². The minimum Gasteiger partial charge on any atom is -0.388 e. The molecule has 0 amide bonds. The molecular weight excluding hydrogens is 346 g/mol. The first-order valence-electron chi connectivity index (χ1n) is 5.83. The van der Waals surface area contributed by atoms with Gasteiger partial charge in [-0.1, -0.05) is 39.7 Å². The summed E-state index contributed by atoms with van der Waals surface area (Å²) in [6, 6.07) is 11.3. The summed E-state index contributed by atoms with van der Waals surface area (Å²) in [6.07, 6.45) is -0.374. The predicted molar refractivity (Wildman–Crippen MR) is 80.9 cm³/mol. The molecule has 0 heterocycles. The molecule has 6 heteroatoms. The van der Waals surface area contributed by atoms with Crippen molar-refractivity contribution in [2.75, 3.05) is 0 Å². The normalized spacial score (nSPS) is 12.2. The Labute approximate surface area is 129 Å². The summed E-state index contributed by atoms with van der Waals surface area (Å²) in [4.78, 5) is 10.1. The Morgan fingerprint density at radius 2 is 1.90 bits per heavy atom. The van der Waals surface area contributed by atoms with Crippen LogP contribution in [0.1, 0.15) is 17.2 Å². The van der Waals surface area contributed by atoms with E-state index in [9.17, 15) is 15.2 Å². The van der Waals surface area contributed by atoms with Crippen LogP contribution in [0.15, 0.2) is 46.9 Å². The van der Waals surface area contributed by atoms with Gasteiger partial charge in [0.1, 0.15) is 0 Å². The lowest BCUT2D eigenvalue weighted by molar-refractivity contribution is -0.384. The van der Waals surface area contributed by atoms with E-state index in [1.54, 1.807) is 30.3 Å². The van der Waals surface area contributed by atoms with Crippen molar-refractivity contribution in [3.63, 3.8) is 0 Å². The van der Waals surface area contributed by atoms with Crippen LogP contribution in [-0.2, 0) is 6.42 Å².